The standard InChI is InChI=1S/C14H19F3N2O3/c1-3-21-10-5-6-12(22-4-2)11(7-10)18-8-13(20)19-9-14(15,16)17/h5-7,18H,3-4,8-9H2,1-2H3,(H,19,20). The molecule has 1 rings (SSSR count). The topological polar surface area (TPSA) is 59.6 Å². The van der Waals surface area contributed by atoms with Crippen molar-refractivity contribution in [1.29, 1.82) is 0 Å². The van der Waals surface area contributed by atoms with Crippen LogP contribution in [-0.4, -0.2) is 38.4 Å². The summed E-state index contributed by atoms with van der Waals surface area (Å²) in [5.41, 5.74) is 0.481. The van der Waals surface area contributed by atoms with E-state index in [1.165, 1.54) is 0 Å². The Hall–Kier alpha value is -2.12. The summed E-state index contributed by atoms with van der Waals surface area (Å²) in [7, 11) is 0. The second-order valence-electron chi connectivity index (χ2n) is 4.27. The molecule has 0 aromatic heterocycles. The normalized spacial score (nSPS) is 11.0. The summed E-state index contributed by atoms with van der Waals surface area (Å²) in [6.45, 7) is 2.86. The van der Waals surface area contributed by atoms with Gasteiger partial charge in [-0.15, -0.1) is 0 Å². The number of rotatable bonds is 8. The van der Waals surface area contributed by atoms with Crippen LogP contribution in [0.15, 0.2) is 18.2 Å². The van der Waals surface area contributed by atoms with Crippen molar-refractivity contribution in [1.82, 2.24) is 5.32 Å². The quantitative estimate of drug-likeness (QED) is 0.773. The molecule has 1 aromatic rings. The highest BCUT2D eigenvalue weighted by Crippen LogP contribution is 2.29. The molecule has 124 valence electrons. The third-order valence-electron chi connectivity index (χ3n) is 2.49. The van der Waals surface area contributed by atoms with Gasteiger partial charge in [0.2, 0.25) is 5.91 Å². The maximum Gasteiger partial charge on any atom is 0.405 e. The van der Waals surface area contributed by atoms with Crippen molar-refractivity contribution < 1.29 is 27.4 Å². The third-order valence-corrected chi connectivity index (χ3v) is 2.49. The average Bonchev–Trinajstić information content (AvgIpc) is 2.45. The van der Waals surface area contributed by atoms with E-state index in [4.69, 9.17) is 9.47 Å². The maximum absolute atomic E-state index is 12.0. The number of amides is 1. The van der Waals surface area contributed by atoms with Crippen molar-refractivity contribution in [3.8, 4) is 11.5 Å². The van der Waals surface area contributed by atoms with Gasteiger partial charge in [0.1, 0.15) is 18.0 Å². The van der Waals surface area contributed by atoms with Crippen molar-refractivity contribution in [2.75, 3.05) is 31.6 Å². The molecule has 0 bridgehead atoms. The number of nitrogens with one attached hydrogen (secondary N) is 2. The van der Waals surface area contributed by atoms with E-state index in [0.717, 1.165) is 0 Å². The lowest BCUT2D eigenvalue weighted by Gasteiger charge is -2.14. The minimum atomic E-state index is -4.43. The number of hydrogen-bond donors (Lipinski definition) is 2. The van der Waals surface area contributed by atoms with Crippen LogP contribution in [0.25, 0.3) is 0 Å². The summed E-state index contributed by atoms with van der Waals surface area (Å²) in [5.74, 6) is 0.306. The second-order valence-corrected chi connectivity index (χ2v) is 4.27. The first kappa shape index (κ1) is 17.9. The molecule has 0 aliphatic carbocycles. The summed E-state index contributed by atoms with van der Waals surface area (Å²) in [4.78, 5) is 11.4. The Morgan fingerprint density at radius 1 is 1.18 bits per heavy atom. The smallest absolute Gasteiger partial charge is 0.405 e. The number of halogens is 3. The molecule has 0 unspecified atom stereocenters. The molecule has 0 spiro atoms. The predicted octanol–water partition coefficient (Wildman–Crippen LogP) is 2.57. The highest BCUT2D eigenvalue weighted by Gasteiger charge is 2.27. The van der Waals surface area contributed by atoms with Crippen molar-refractivity contribution in [2.45, 2.75) is 20.0 Å². The van der Waals surface area contributed by atoms with Gasteiger partial charge in [-0.05, 0) is 26.0 Å². The molecule has 0 radical (unpaired) electrons. The number of hydrogen-bond acceptors (Lipinski definition) is 4. The number of ether oxygens (including phenoxy) is 2. The van der Waals surface area contributed by atoms with E-state index in [1.807, 2.05) is 6.92 Å². The van der Waals surface area contributed by atoms with Gasteiger partial charge in [0.25, 0.3) is 0 Å². The average molecular weight is 320 g/mol. The van der Waals surface area contributed by atoms with Crippen molar-refractivity contribution in [3.05, 3.63) is 18.2 Å². The van der Waals surface area contributed by atoms with E-state index in [1.54, 1.807) is 30.4 Å². The lowest BCUT2D eigenvalue weighted by atomic mass is 10.2. The van der Waals surface area contributed by atoms with Crippen molar-refractivity contribution in [2.24, 2.45) is 0 Å². The SMILES string of the molecule is CCOc1ccc(OCC)c(NCC(=O)NCC(F)(F)F)c1. The van der Waals surface area contributed by atoms with E-state index in [-0.39, 0.29) is 6.54 Å². The van der Waals surface area contributed by atoms with E-state index in [9.17, 15) is 18.0 Å². The number of alkyl halides is 3. The van der Waals surface area contributed by atoms with Gasteiger partial charge in [-0.25, -0.2) is 0 Å². The van der Waals surface area contributed by atoms with Crippen LogP contribution in [0.4, 0.5) is 18.9 Å². The highest BCUT2D eigenvalue weighted by atomic mass is 19.4. The van der Waals surface area contributed by atoms with Crippen LogP contribution in [0.2, 0.25) is 0 Å². The minimum absolute atomic E-state index is 0.300. The summed E-state index contributed by atoms with van der Waals surface area (Å²) in [6, 6.07) is 5.01. The molecule has 2 N–H and O–H groups in total. The van der Waals surface area contributed by atoms with E-state index in [0.29, 0.717) is 30.4 Å². The van der Waals surface area contributed by atoms with Gasteiger partial charge in [0.15, 0.2) is 0 Å². The number of carbonyl (C=O) groups is 1. The molecule has 0 aliphatic rings. The summed E-state index contributed by atoms with van der Waals surface area (Å²) >= 11 is 0. The Kier molecular flexibility index (Phi) is 6.81. The zero-order chi connectivity index (χ0) is 16.6. The van der Waals surface area contributed by atoms with E-state index < -0.39 is 18.6 Å². The van der Waals surface area contributed by atoms with Crippen molar-refractivity contribution >= 4 is 11.6 Å². The van der Waals surface area contributed by atoms with Gasteiger partial charge in [-0.2, -0.15) is 13.2 Å². The largest absolute Gasteiger partial charge is 0.494 e. The highest BCUT2D eigenvalue weighted by molar-refractivity contribution is 5.81. The fourth-order valence-corrected chi connectivity index (χ4v) is 1.62. The Balaban J connectivity index is 2.65. The maximum atomic E-state index is 12.0. The fourth-order valence-electron chi connectivity index (χ4n) is 1.62. The van der Waals surface area contributed by atoms with Crippen LogP contribution in [0.3, 0.4) is 0 Å². The van der Waals surface area contributed by atoms with Crippen LogP contribution < -0.4 is 20.1 Å². The Morgan fingerprint density at radius 3 is 2.45 bits per heavy atom. The zero-order valence-electron chi connectivity index (χ0n) is 12.4. The monoisotopic (exact) mass is 320 g/mol. The third kappa shape index (κ3) is 6.55. The lowest BCUT2D eigenvalue weighted by molar-refractivity contribution is -0.137. The van der Waals surface area contributed by atoms with Gasteiger partial charge < -0.3 is 20.1 Å². The van der Waals surface area contributed by atoms with Crippen LogP contribution in [0.1, 0.15) is 13.8 Å². The molecule has 0 heterocycles. The summed E-state index contributed by atoms with van der Waals surface area (Å²) < 4.78 is 46.7. The first-order valence-electron chi connectivity index (χ1n) is 6.82. The van der Waals surface area contributed by atoms with Crippen LogP contribution in [-0.2, 0) is 4.79 Å². The van der Waals surface area contributed by atoms with Crippen LogP contribution in [0, 0.1) is 0 Å². The van der Waals surface area contributed by atoms with Gasteiger partial charge in [-0.1, -0.05) is 0 Å². The molecule has 0 fully saturated rings. The molecular weight excluding hydrogens is 301 g/mol. The Labute approximate surface area is 126 Å². The number of carbonyl (C=O) groups excluding carboxylic acids is 1. The number of benzene rings is 1. The first-order chi connectivity index (χ1) is 10.4. The molecular formula is C14H19F3N2O3. The fraction of sp³-hybridized carbons (Fsp3) is 0.500. The zero-order valence-corrected chi connectivity index (χ0v) is 12.4. The van der Waals surface area contributed by atoms with Gasteiger partial charge in [0, 0.05) is 6.07 Å². The van der Waals surface area contributed by atoms with Gasteiger partial charge >= 0.3 is 6.18 Å². The Morgan fingerprint density at radius 2 is 1.86 bits per heavy atom. The molecule has 22 heavy (non-hydrogen) atoms. The Bertz CT molecular complexity index is 493. The molecule has 0 saturated heterocycles. The summed E-state index contributed by atoms with van der Waals surface area (Å²) in [5, 5.41) is 4.53. The molecule has 0 atom stereocenters. The van der Waals surface area contributed by atoms with Crippen molar-refractivity contribution in [3.63, 3.8) is 0 Å². The van der Waals surface area contributed by atoms with E-state index >= 15 is 0 Å². The summed E-state index contributed by atoms with van der Waals surface area (Å²) in [6.07, 6.45) is -4.43. The first-order valence-corrected chi connectivity index (χ1v) is 6.82. The minimum Gasteiger partial charge on any atom is -0.494 e. The predicted molar refractivity (Wildman–Crippen MR) is 76.3 cm³/mol. The van der Waals surface area contributed by atoms with Gasteiger partial charge in [0.05, 0.1) is 25.4 Å². The lowest BCUT2D eigenvalue weighted by Crippen LogP contribution is -2.37. The molecule has 0 aliphatic heterocycles. The van der Waals surface area contributed by atoms with Crippen LogP contribution >= 0.6 is 0 Å². The molecule has 0 saturated carbocycles. The molecule has 1 aromatic carbocycles. The van der Waals surface area contributed by atoms with Crippen LogP contribution in [0.5, 0.6) is 11.5 Å². The van der Waals surface area contributed by atoms with Gasteiger partial charge in [-0.3, -0.25) is 4.79 Å². The molecule has 1 amide bonds. The molecule has 5 nitrogen and oxygen atoms in total. The number of anilines is 1. The molecule has 8 heteroatoms. The van der Waals surface area contributed by atoms with E-state index in [2.05, 4.69) is 5.32 Å². The second kappa shape index (κ2) is 8.35.